The van der Waals surface area contributed by atoms with Gasteiger partial charge in [0.2, 0.25) is 5.91 Å². The number of nitrogens with zero attached hydrogens (tertiary/aromatic N) is 4. The van der Waals surface area contributed by atoms with E-state index in [1.54, 1.807) is 0 Å². The maximum absolute atomic E-state index is 12.0. The molecule has 8 heteroatoms. The lowest BCUT2D eigenvalue weighted by molar-refractivity contribution is -0.119. The minimum absolute atomic E-state index is 0.136. The lowest BCUT2D eigenvalue weighted by Gasteiger charge is -2.21. The number of aromatic nitrogens is 3. The second kappa shape index (κ2) is 6.91. The van der Waals surface area contributed by atoms with Crippen LogP contribution in [0.4, 0.5) is 0 Å². The fourth-order valence-corrected chi connectivity index (χ4v) is 3.39. The van der Waals surface area contributed by atoms with Crippen LogP contribution in [0.5, 0.6) is 0 Å². The molecule has 21 heavy (non-hydrogen) atoms. The van der Waals surface area contributed by atoms with E-state index in [4.69, 9.17) is 5.73 Å². The van der Waals surface area contributed by atoms with Gasteiger partial charge in [0.1, 0.15) is 11.4 Å². The van der Waals surface area contributed by atoms with Crippen molar-refractivity contribution in [3.05, 3.63) is 5.82 Å². The Balaban J connectivity index is 1.92. The topological polar surface area (TPSA) is 110 Å². The van der Waals surface area contributed by atoms with Crippen LogP contribution in [0.1, 0.15) is 38.4 Å². The number of hydrogen-bond donors (Lipinski definition) is 2. The van der Waals surface area contributed by atoms with Crippen LogP contribution in [0.15, 0.2) is 5.16 Å². The number of nitriles is 1. The van der Waals surface area contributed by atoms with Crippen LogP contribution in [0.25, 0.3) is 0 Å². The molecular weight excluding hydrogens is 288 g/mol. The Morgan fingerprint density at radius 2 is 2.24 bits per heavy atom. The van der Waals surface area contributed by atoms with E-state index in [0.29, 0.717) is 24.1 Å². The van der Waals surface area contributed by atoms with E-state index in [-0.39, 0.29) is 11.7 Å². The summed E-state index contributed by atoms with van der Waals surface area (Å²) in [6.45, 7) is 3.02. The Kier molecular flexibility index (Phi) is 5.20. The van der Waals surface area contributed by atoms with Gasteiger partial charge in [-0.25, -0.2) is 0 Å². The summed E-state index contributed by atoms with van der Waals surface area (Å²) in [5.74, 6) is 0.805. The highest BCUT2D eigenvalue weighted by Gasteiger charge is 2.35. The van der Waals surface area contributed by atoms with Gasteiger partial charge in [-0.2, -0.15) is 5.26 Å². The van der Waals surface area contributed by atoms with E-state index < -0.39 is 5.54 Å². The Bertz CT molecular complexity index is 543. The number of carbonyl (C=O) groups excluding carboxylic acids is 1. The van der Waals surface area contributed by atoms with E-state index in [0.717, 1.165) is 25.7 Å². The molecule has 1 fully saturated rings. The summed E-state index contributed by atoms with van der Waals surface area (Å²) in [4.78, 5) is 12.0. The summed E-state index contributed by atoms with van der Waals surface area (Å²) in [7, 11) is 0. The lowest BCUT2D eigenvalue weighted by atomic mass is 10.0. The molecule has 1 aromatic rings. The van der Waals surface area contributed by atoms with E-state index in [1.165, 1.54) is 11.8 Å². The van der Waals surface area contributed by atoms with Crippen LogP contribution in [-0.2, 0) is 17.9 Å². The third-order valence-electron chi connectivity index (χ3n) is 3.67. The lowest BCUT2D eigenvalue weighted by Crippen LogP contribution is -2.45. The van der Waals surface area contributed by atoms with Crippen LogP contribution in [-0.4, -0.2) is 32.0 Å². The molecule has 1 aliphatic rings. The molecule has 0 saturated heterocycles. The molecule has 3 N–H and O–H groups in total. The van der Waals surface area contributed by atoms with Gasteiger partial charge in [0, 0.05) is 6.54 Å². The number of rotatable bonds is 6. The van der Waals surface area contributed by atoms with Crippen molar-refractivity contribution in [1.82, 2.24) is 20.1 Å². The first-order chi connectivity index (χ1) is 10.1. The quantitative estimate of drug-likeness (QED) is 0.752. The summed E-state index contributed by atoms with van der Waals surface area (Å²) >= 11 is 1.32. The SMILES string of the molecule is CCn1c(CN)nnc1SCC(=O)NC1(C#N)CCCC1. The van der Waals surface area contributed by atoms with Crippen LogP contribution in [0.2, 0.25) is 0 Å². The average molecular weight is 308 g/mol. The highest BCUT2D eigenvalue weighted by atomic mass is 32.2. The van der Waals surface area contributed by atoms with Crippen molar-refractivity contribution in [3.63, 3.8) is 0 Å². The normalized spacial score (nSPS) is 16.6. The molecule has 0 radical (unpaired) electrons. The molecule has 0 atom stereocenters. The first-order valence-corrected chi connectivity index (χ1v) is 8.10. The van der Waals surface area contributed by atoms with Crippen LogP contribution < -0.4 is 11.1 Å². The zero-order chi connectivity index (χ0) is 15.3. The summed E-state index contributed by atoms with van der Waals surface area (Å²) in [6.07, 6.45) is 3.46. The monoisotopic (exact) mass is 308 g/mol. The smallest absolute Gasteiger partial charge is 0.231 e. The first kappa shape index (κ1) is 15.8. The summed E-state index contributed by atoms with van der Waals surface area (Å²) < 4.78 is 1.90. The Morgan fingerprint density at radius 1 is 1.52 bits per heavy atom. The highest BCUT2D eigenvalue weighted by molar-refractivity contribution is 7.99. The zero-order valence-corrected chi connectivity index (χ0v) is 12.9. The van der Waals surface area contributed by atoms with Crippen molar-refractivity contribution in [1.29, 1.82) is 5.26 Å². The van der Waals surface area contributed by atoms with E-state index >= 15 is 0 Å². The third kappa shape index (κ3) is 3.54. The predicted octanol–water partition coefficient (Wildman–Crippen LogP) is 0.801. The third-order valence-corrected chi connectivity index (χ3v) is 4.64. The van der Waals surface area contributed by atoms with Gasteiger partial charge < -0.3 is 15.6 Å². The number of nitrogens with two attached hydrogens (primary N) is 1. The molecular formula is C13H20N6OS. The van der Waals surface area contributed by atoms with Gasteiger partial charge in [-0.15, -0.1) is 10.2 Å². The van der Waals surface area contributed by atoms with Crippen LogP contribution in [0.3, 0.4) is 0 Å². The first-order valence-electron chi connectivity index (χ1n) is 7.11. The molecule has 1 saturated carbocycles. The van der Waals surface area contributed by atoms with Crippen LogP contribution in [0, 0.1) is 11.3 Å². The molecule has 114 valence electrons. The minimum Gasteiger partial charge on any atom is -0.337 e. The summed E-state index contributed by atoms with van der Waals surface area (Å²) in [6, 6.07) is 2.25. The standard InChI is InChI=1S/C13H20N6OS/c1-2-19-10(7-14)17-18-12(19)21-8-11(20)16-13(9-15)5-3-4-6-13/h2-8,14H2,1H3,(H,16,20). The van der Waals surface area contributed by atoms with Gasteiger partial charge in [-0.3, -0.25) is 4.79 Å². The maximum atomic E-state index is 12.0. The number of carbonyl (C=O) groups is 1. The summed E-state index contributed by atoms with van der Waals surface area (Å²) in [5, 5.41) is 20.9. The Hall–Kier alpha value is -1.59. The van der Waals surface area contributed by atoms with E-state index in [2.05, 4.69) is 21.6 Å². The molecule has 1 aliphatic carbocycles. The number of amides is 1. The molecule has 0 unspecified atom stereocenters. The average Bonchev–Trinajstić information content (AvgIpc) is 3.11. The molecule has 7 nitrogen and oxygen atoms in total. The zero-order valence-electron chi connectivity index (χ0n) is 12.1. The van der Waals surface area contributed by atoms with Crippen LogP contribution >= 0.6 is 11.8 Å². The highest BCUT2D eigenvalue weighted by Crippen LogP contribution is 2.29. The summed E-state index contributed by atoms with van der Waals surface area (Å²) in [5.41, 5.74) is 4.92. The van der Waals surface area contributed by atoms with Crippen molar-refractivity contribution in [2.45, 2.75) is 56.4 Å². The molecule has 2 rings (SSSR count). The van der Waals surface area contributed by atoms with Gasteiger partial charge in [-0.1, -0.05) is 11.8 Å². The second-order valence-electron chi connectivity index (χ2n) is 5.09. The van der Waals surface area contributed by atoms with Crippen molar-refractivity contribution < 1.29 is 4.79 Å². The number of thioether (sulfide) groups is 1. The van der Waals surface area contributed by atoms with Crippen molar-refractivity contribution in [3.8, 4) is 6.07 Å². The van der Waals surface area contributed by atoms with Gasteiger partial charge in [0.05, 0.1) is 18.4 Å². The minimum atomic E-state index is -0.668. The fraction of sp³-hybridized carbons (Fsp3) is 0.692. The van der Waals surface area contributed by atoms with Gasteiger partial charge in [-0.05, 0) is 32.6 Å². The largest absolute Gasteiger partial charge is 0.337 e. The Labute approximate surface area is 128 Å². The Morgan fingerprint density at radius 3 is 2.81 bits per heavy atom. The molecule has 0 aromatic carbocycles. The molecule has 1 amide bonds. The fourth-order valence-electron chi connectivity index (χ4n) is 2.57. The van der Waals surface area contributed by atoms with Crippen molar-refractivity contribution >= 4 is 17.7 Å². The molecule has 0 aliphatic heterocycles. The van der Waals surface area contributed by atoms with Crippen molar-refractivity contribution in [2.75, 3.05) is 5.75 Å². The van der Waals surface area contributed by atoms with Gasteiger partial charge >= 0.3 is 0 Å². The molecule has 1 heterocycles. The number of hydrogen-bond acceptors (Lipinski definition) is 6. The molecule has 1 aromatic heterocycles. The van der Waals surface area contributed by atoms with E-state index in [1.807, 2.05) is 11.5 Å². The maximum Gasteiger partial charge on any atom is 0.231 e. The van der Waals surface area contributed by atoms with Crippen molar-refractivity contribution in [2.24, 2.45) is 5.73 Å². The number of nitrogens with one attached hydrogen (secondary N) is 1. The van der Waals surface area contributed by atoms with Gasteiger partial charge in [0.25, 0.3) is 0 Å². The predicted molar refractivity (Wildman–Crippen MR) is 79.3 cm³/mol. The second-order valence-corrected chi connectivity index (χ2v) is 6.03. The molecule has 0 spiro atoms. The van der Waals surface area contributed by atoms with Gasteiger partial charge in [0.15, 0.2) is 5.16 Å². The molecule has 0 bridgehead atoms. The van der Waals surface area contributed by atoms with E-state index in [9.17, 15) is 10.1 Å².